The summed E-state index contributed by atoms with van der Waals surface area (Å²) in [6, 6.07) is 5.33. The number of amides is 1. The standard InChI is InChI=1S/C15H18N4O2/c1-18-10-4-7-12(15(18)21)14(20)17-13-8-9-16-19(13)11-5-2-3-6-11/h4,7-11H,2-3,5-6H2,1H3,(H,17,20). The maximum Gasteiger partial charge on any atom is 0.263 e. The van der Waals surface area contributed by atoms with Crippen LogP contribution in [0, 0.1) is 0 Å². The van der Waals surface area contributed by atoms with Crippen LogP contribution in [-0.4, -0.2) is 20.3 Å². The minimum Gasteiger partial charge on any atom is -0.318 e. The van der Waals surface area contributed by atoms with E-state index in [2.05, 4.69) is 10.4 Å². The molecule has 0 aliphatic heterocycles. The highest BCUT2D eigenvalue weighted by atomic mass is 16.2. The summed E-state index contributed by atoms with van der Waals surface area (Å²) >= 11 is 0. The Kier molecular flexibility index (Phi) is 3.60. The molecule has 3 rings (SSSR count). The Hall–Kier alpha value is -2.37. The summed E-state index contributed by atoms with van der Waals surface area (Å²) in [5.74, 6) is 0.258. The summed E-state index contributed by atoms with van der Waals surface area (Å²) in [6.45, 7) is 0. The molecule has 1 fully saturated rings. The monoisotopic (exact) mass is 286 g/mol. The normalized spacial score (nSPS) is 15.3. The van der Waals surface area contributed by atoms with Crippen molar-refractivity contribution in [3.05, 3.63) is 46.5 Å². The van der Waals surface area contributed by atoms with Crippen molar-refractivity contribution in [3.63, 3.8) is 0 Å². The fourth-order valence-corrected chi connectivity index (χ4v) is 2.81. The van der Waals surface area contributed by atoms with Crippen LogP contribution in [0.5, 0.6) is 0 Å². The first-order valence-electron chi connectivity index (χ1n) is 7.17. The van der Waals surface area contributed by atoms with E-state index in [0.29, 0.717) is 11.9 Å². The molecular weight excluding hydrogens is 268 g/mol. The van der Waals surface area contributed by atoms with Gasteiger partial charge in [0.25, 0.3) is 11.5 Å². The summed E-state index contributed by atoms with van der Waals surface area (Å²) in [7, 11) is 1.63. The van der Waals surface area contributed by atoms with Crippen LogP contribution in [0.2, 0.25) is 0 Å². The number of pyridine rings is 1. The lowest BCUT2D eigenvalue weighted by Gasteiger charge is -2.14. The van der Waals surface area contributed by atoms with Crippen molar-refractivity contribution in [3.8, 4) is 0 Å². The smallest absolute Gasteiger partial charge is 0.263 e. The molecule has 1 saturated carbocycles. The molecule has 1 aliphatic carbocycles. The molecule has 0 aromatic carbocycles. The van der Waals surface area contributed by atoms with E-state index in [4.69, 9.17) is 0 Å². The Labute approximate surface area is 122 Å². The molecule has 0 spiro atoms. The van der Waals surface area contributed by atoms with Gasteiger partial charge in [0.15, 0.2) is 0 Å². The second-order valence-corrected chi connectivity index (χ2v) is 5.39. The number of aryl methyl sites for hydroxylation is 1. The zero-order chi connectivity index (χ0) is 14.8. The van der Waals surface area contributed by atoms with E-state index in [1.807, 2.05) is 4.68 Å². The Morgan fingerprint density at radius 1 is 1.33 bits per heavy atom. The quantitative estimate of drug-likeness (QED) is 0.937. The topological polar surface area (TPSA) is 68.9 Å². The third-order valence-electron chi connectivity index (χ3n) is 3.95. The molecule has 1 N–H and O–H groups in total. The molecular formula is C15H18N4O2. The zero-order valence-corrected chi connectivity index (χ0v) is 12.0. The largest absolute Gasteiger partial charge is 0.318 e. The third kappa shape index (κ3) is 2.61. The molecule has 2 heterocycles. The van der Waals surface area contributed by atoms with Crippen molar-refractivity contribution in [1.82, 2.24) is 14.3 Å². The second-order valence-electron chi connectivity index (χ2n) is 5.39. The number of hydrogen-bond acceptors (Lipinski definition) is 3. The van der Waals surface area contributed by atoms with E-state index in [-0.39, 0.29) is 11.1 Å². The SMILES string of the molecule is Cn1cccc(C(=O)Nc2ccnn2C2CCCC2)c1=O. The van der Waals surface area contributed by atoms with E-state index in [9.17, 15) is 9.59 Å². The highest BCUT2D eigenvalue weighted by Gasteiger charge is 2.21. The van der Waals surface area contributed by atoms with Gasteiger partial charge in [-0.1, -0.05) is 12.8 Å². The number of aromatic nitrogens is 3. The molecule has 0 bridgehead atoms. The number of anilines is 1. The van der Waals surface area contributed by atoms with Crippen molar-refractivity contribution in [2.24, 2.45) is 7.05 Å². The zero-order valence-electron chi connectivity index (χ0n) is 12.0. The molecule has 0 radical (unpaired) electrons. The van der Waals surface area contributed by atoms with Crippen LogP contribution in [0.1, 0.15) is 42.1 Å². The van der Waals surface area contributed by atoms with Gasteiger partial charge in [-0.2, -0.15) is 5.10 Å². The lowest BCUT2D eigenvalue weighted by Crippen LogP contribution is -2.28. The van der Waals surface area contributed by atoms with E-state index in [1.54, 1.807) is 31.6 Å². The predicted molar refractivity (Wildman–Crippen MR) is 79.4 cm³/mol. The molecule has 1 amide bonds. The van der Waals surface area contributed by atoms with Gasteiger partial charge in [0.1, 0.15) is 11.4 Å². The van der Waals surface area contributed by atoms with Crippen molar-refractivity contribution >= 4 is 11.7 Å². The first-order valence-corrected chi connectivity index (χ1v) is 7.17. The van der Waals surface area contributed by atoms with Gasteiger partial charge in [-0.15, -0.1) is 0 Å². The minimum atomic E-state index is -0.393. The highest BCUT2D eigenvalue weighted by Crippen LogP contribution is 2.31. The molecule has 2 aromatic heterocycles. The summed E-state index contributed by atoms with van der Waals surface area (Å²) in [5.41, 5.74) is -0.166. The maximum atomic E-state index is 12.3. The van der Waals surface area contributed by atoms with Gasteiger partial charge in [0, 0.05) is 19.3 Å². The first-order chi connectivity index (χ1) is 10.2. The molecule has 1 aliphatic rings. The van der Waals surface area contributed by atoms with E-state index in [1.165, 1.54) is 23.5 Å². The number of nitrogens with zero attached hydrogens (tertiary/aromatic N) is 3. The van der Waals surface area contributed by atoms with Crippen molar-refractivity contribution in [2.75, 3.05) is 5.32 Å². The summed E-state index contributed by atoms with van der Waals surface area (Å²) in [4.78, 5) is 24.2. The van der Waals surface area contributed by atoms with Crippen LogP contribution in [0.25, 0.3) is 0 Å². The number of rotatable bonds is 3. The number of hydrogen-bond donors (Lipinski definition) is 1. The highest BCUT2D eigenvalue weighted by molar-refractivity contribution is 6.03. The van der Waals surface area contributed by atoms with E-state index >= 15 is 0 Å². The van der Waals surface area contributed by atoms with Crippen LogP contribution in [-0.2, 0) is 7.05 Å². The lowest BCUT2D eigenvalue weighted by molar-refractivity contribution is 0.102. The van der Waals surface area contributed by atoms with Crippen LogP contribution in [0.3, 0.4) is 0 Å². The van der Waals surface area contributed by atoms with Crippen LogP contribution in [0.4, 0.5) is 5.82 Å². The first kappa shape index (κ1) is 13.6. The average Bonchev–Trinajstić information content (AvgIpc) is 3.12. The molecule has 6 heteroatoms. The van der Waals surface area contributed by atoms with Gasteiger partial charge >= 0.3 is 0 Å². The molecule has 0 unspecified atom stereocenters. The fourth-order valence-electron chi connectivity index (χ4n) is 2.81. The summed E-state index contributed by atoms with van der Waals surface area (Å²) < 4.78 is 3.25. The van der Waals surface area contributed by atoms with E-state index in [0.717, 1.165) is 12.8 Å². The summed E-state index contributed by atoms with van der Waals surface area (Å²) in [5, 5.41) is 7.10. The van der Waals surface area contributed by atoms with Gasteiger partial charge in [-0.3, -0.25) is 9.59 Å². The number of nitrogens with one attached hydrogen (secondary N) is 1. The molecule has 110 valence electrons. The van der Waals surface area contributed by atoms with Crippen molar-refractivity contribution < 1.29 is 4.79 Å². The predicted octanol–water partition coefficient (Wildman–Crippen LogP) is 1.95. The molecule has 0 saturated heterocycles. The fraction of sp³-hybridized carbons (Fsp3) is 0.400. The Balaban J connectivity index is 1.84. The number of carbonyl (C=O) groups excluding carboxylic acids is 1. The van der Waals surface area contributed by atoms with Crippen LogP contribution < -0.4 is 10.9 Å². The summed E-state index contributed by atoms with van der Waals surface area (Å²) in [6.07, 6.45) is 7.85. The lowest BCUT2D eigenvalue weighted by atomic mass is 10.2. The van der Waals surface area contributed by atoms with Crippen molar-refractivity contribution in [2.45, 2.75) is 31.7 Å². The minimum absolute atomic E-state index is 0.138. The van der Waals surface area contributed by atoms with Gasteiger partial charge in [-0.25, -0.2) is 4.68 Å². The molecule has 6 nitrogen and oxygen atoms in total. The van der Waals surface area contributed by atoms with Gasteiger partial charge in [0.2, 0.25) is 0 Å². The van der Waals surface area contributed by atoms with Crippen LogP contribution >= 0.6 is 0 Å². The second kappa shape index (κ2) is 5.55. The Bertz CT molecular complexity index is 710. The Morgan fingerprint density at radius 3 is 2.86 bits per heavy atom. The van der Waals surface area contributed by atoms with Crippen molar-refractivity contribution in [1.29, 1.82) is 0 Å². The third-order valence-corrected chi connectivity index (χ3v) is 3.95. The maximum absolute atomic E-state index is 12.3. The molecule has 0 atom stereocenters. The van der Waals surface area contributed by atoms with Gasteiger partial charge < -0.3 is 9.88 Å². The van der Waals surface area contributed by atoms with E-state index < -0.39 is 5.91 Å². The molecule has 2 aromatic rings. The van der Waals surface area contributed by atoms with Gasteiger partial charge in [-0.05, 0) is 25.0 Å². The molecule has 21 heavy (non-hydrogen) atoms. The number of carbonyl (C=O) groups is 1. The van der Waals surface area contributed by atoms with Crippen LogP contribution in [0.15, 0.2) is 35.4 Å². The Morgan fingerprint density at radius 2 is 2.10 bits per heavy atom. The van der Waals surface area contributed by atoms with Gasteiger partial charge in [0.05, 0.1) is 12.2 Å². The average molecular weight is 286 g/mol.